The van der Waals surface area contributed by atoms with Crippen LogP contribution in [0.2, 0.25) is 19.1 Å². The summed E-state index contributed by atoms with van der Waals surface area (Å²) in [5, 5.41) is 1.15. The average molecular weight is 431 g/mol. The molecule has 1 saturated heterocycles. The Morgan fingerprint density at radius 2 is 1.60 bits per heavy atom. The molecule has 0 radical (unpaired) electrons. The lowest BCUT2D eigenvalue weighted by molar-refractivity contribution is -0.150. The van der Waals surface area contributed by atoms with Gasteiger partial charge in [0, 0.05) is 45.1 Å². The number of hydrogen-bond acceptors (Lipinski definition) is 5. The van der Waals surface area contributed by atoms with Gasteiger partial charge >= 0.3 is 0 Å². The fraction of sp³-hybridized carbons (Fsp3) is 0.583. The van der Waals surface area contributed by atoms with E-state index in [0.29, 0.717) is 13.2 Å². The molecule has 5 nitrogen and oxygen atoms in total. The fourth-order valence-electron chi connectivity index (χ4n) is 4.09. The number of nitrogens with zero attached hydrogens (tertiary/aromatic N) is 2. The first kappa shape index (κ1) is 23.1. The lowest BCUT2D eigenvalue weighted by Gasteiger charge is -2.36. The van der Waals surface area contributed by atoms with Gasteiger partial charge in [-0.2, -0.15) is 0 Å². The van der Waals surface area contributed by atoms with Crippen LogP contribution in [-0.2, 0) is 9.47 Å². The van der Waals surface area contributed by atoms with Crippen LogP contribution in [0.15, 0.2) is 46.9 Å². The first-order valence-corrected chi connectivity index (χ1v) is 14.6. The second-order valence-electron chi connectivity index (χ2n) is 8.60. The highest BCUT2D eigenvalue weighted by Gasteiger charge is 2.29. The zero-order chi connectivity index (χ0) is 21.4. The van der Waals surface area contributed by atoms with Crippen LogP contribution in [-0.4, -0.2) is 58.9 Å². The van der Waals surface area contributed by atoms with E-state index in [0.717, 1.165) is 37.3 Å². The molecule has 30 heavy (non-hydrogen) atoms. The van der Waals surface area contributed by atoms with Crippen LogP contribution in [0.25, 0.3) is 0 Å². The second-order valence-corrected chi connectivity index (χ2v) is 13.4. The normalized spacial score (nSPS) is 15.8. The maximum absolute atomic E-state index is 6.21. The van der Waals surface area contributed by atoms with E-state index in [-0.39, 0.29) is 6.29 Å². The summed E-state index contributed by atoms with van der Waals surface area (Å²) in [4.78, 5) is 5.10. The Hall–Kier alpha value is -1.60. The summed E-state index contributed by atoms with van der Waals surface area (Å²) in [6.07, 6.45) is 0.834. The zero-order valence-electron chi connectivity index (χ0n) is 19.1. The molecule has 3 rings (SSSR count). The maximum Gasteiger partial charge on any atom is 0.217 e. The van der Waals surface area contributed by atoms with Gasteiger partial charge in [-0.1, -0.05) is 31.3 Å². The maximum atomic E-state index is 6.21. The van der Waals surface area contributed by atoms with Crippen LogP contribution in [0.4, 0.5) is 5.69 Å². The van der Waals surface area contributed by atoms with Crippen molar-refractivity contribution in [2.75, 3.05) is 50.8 Å². The smallest absolute Gasteiger partial charge is 0.217 e. The molecule has 1 fully saturated rings. The molecule has 2 heterocycles. The summed E-state index contributed by atoms with van der Waals surface area (Å²) in [5.74, 6) is 0.798. The standard InChI is InChI=1S/C24H38N2O3Si/c1-5-27-24(28-6-2)22-13-14-23(29-22)30(3,4)20-10-15-25-16-18-26(19-17-25)21-11-8-7-9-12-21/h7-9,11-14,24H,5-6,10,15-20H2,1-4H3. The van der Waals surface area contributed by atoms with Crippen molar-refractivity contribution < 1.29 is 13.9 Å². The zero-order valence-corrected chi connectivity index (χ0v) is 20.1. The van der Waals surface area contributed by atoms with Crippen molar-refractivity contribution in [2.24, 2.45) is 0 Å². The SMILES string of the molecule is CCOC(OCC)c1ccc([Si](C)(C)CCCN2CCN(c3ccccc3)CC2)o1. The van der Waals surface area contributed by atoms with Crippen molar-refractivity contribution in [3.05, 3.63) is 48.2 Å². The molecule has 1 aliphatic heterocycles. The van der Waals surface area contributed by atoms with Gasteiger partial charge in [0.2, 0.25) is 6.29 Å². The molecule has 0 unspecified atom stereocenters. The number of para-hydroxylation sites is 1. The molecule has 1 aliphatic rings. The molecule has 6 heteroatoms. The van der Waals surface area contributed by atoms with Gasteiger partial charge in [-0.05, 0) is 57.1 Å². The van der Waals surface area contributed by atoms with E-state index in [1.165, 1.54) is 24.7 Å². The molecule has 1 aromatic carbocycles. The minimum Gasteiger partial charge on any atom is -0.466 e. The molecule has 0 amide bonds. The van der Waals surface area contributed by atoms with Crippen molar-refractivity contribution in [1.82, 2.24) is 4.90 Å². The average Bonchev–Trinajstić information content (AvgIpc) is 3.26. The minimum absolute atomic E-state index is 0.389. The molecule has 166 valence electrons. The van der Waals surface area contributed by atoms with Crippen LogP contribution in [0.5, 0.6) is 0 Å². The summed E-state index contributed by atoms with van der Waals surface area (Å²) in [7, 11) is -1.62. The van der Waals surface area contributed by atoms with Gasteiger partial charge in [0.25, 0.3) is 0 Å². The van der Waals surface area contributed by atoms with Crippen molar-refractivity contribution in [1.29, 1.82) is 0 Å². The summed E-state index contributed by atoms with van der Waals surface area (Å²) in [6.45, 7) is 15.7. The highest BCUT2D eigenvalue weighted by atomic mass is 28.3. The van der Waals surface area contributed by atoms with Crippen molar-refractivity contribution in [3.63, 3.8) is 0 Å². The number of rotatable bonds is 11. The van der Waals surface area contributed by atoms with E-state index in [1.54, 1.807) is 0 Å². The molecule has 0 N–H and O–H groups in total. The Morgan fingerprint density at radius 1 is 0.933 bits per heavy atom. The van der Waals surface area contributed by atoms with Gasteiger partial charge in [0.15, 0.2) is 5.76 Å². The monoisotopic (exact) mass is 430 g/mol. The van der Waals surface area contributed by atoms with Gasteiger partial charge in [-0.15, -0.1) is 0 Å². The molecule has 0 spiro atoms. The third-order valence-corrected chi connectivity index (χ3v) is 9.14. The number of furan rings is 1. The number of ether oxygens (including phenoxy) is 2. The third kappa shape index (κ3) is 6.20. The largest absolute Gasteiger partial charge is 0.466 e. The summed E-state index contributed by atoms with van der Waals surface area (Å²) in [6, 6.07) is 16.2. The van der Waals surface area contributed by atoms with Crippen LogP contribution < -0.4 is 10.3 Å². The van der Waals surface area contributed by atoms with E-state index in [2.05, 4.69) is 59.3 Å². The molecule has 1 aromatic heterocycles. The lowest BCUT2D eigenvalue weighted by Crippen LogP contribution is -2.47. The quantitative estimate of drug-likeness (QED) is 0.388. The number of benzene rings is 1. The predicted octanol–water partition coefficient (Wildman–Crippen LogP) is 4.48. The second kappa shape index (κ2) is 11.1. The highest BCUT2D eigenvalue weighted by Crippen LogP contribution is 2.22. The molecular formula is C24H38N2O3Si. The van der Waals surface area contributed by atoms with Crippen molar-refractivity contribution in [3.8, 4) is 0 Å². The van der Waals surface area contributed by atoms with Gasteiger partial charge in [-0.25, -0.2) is 0 Å². The first-order chi connectivity index (χ1) is 14.5. The Kier molecular flexibility index (Phi) is 8.57. The third-order valence-electron chi connectivity index (χ3n) is 5.93. The fourth-order valence-corrected chi connectivity index (χ4v) is 6.31. The highest BCUT2D eigenvalue weighted by molar-refractivity contribution is 6.88. The number of piperazine rings is 1. The molecule has 0 aliphatic carbocycles. The predicted molar refractivity (Wildman–Crippen MR) is 126 cm³/mol. The van der Waals surface area contributed by atoms with Crippen molar-refractivity contribution in [2.45, 2.75) is 45.7 Å². The molecular weight excluding hydrogens is 392 g/mol. The van der Waals surface area contributed by atoms with E-state index >= 15 is 0 Å². The Bertz CT molecular complexity index is 736. The topological polar surface area (TPSA) is 38.1 Å². The summed E-state index contributed by atoms with van der Waals surface area (Å²) < 4.78 is 17.6. The summed E-state index contributed by atoms with van der Waals surface area (Å²) >= 11 is 0. The van der Waals surface area contributed by atoms with E-state index in [9.17, 15) is 0 Å². The van der Waals surface area contributed by atoms with Crippen LogP contribution in [0, 0.1) is 0 Å². The molecule has 0 bridgehead atoms. The van der Waals surface area contributed by atoms with E-state index < -0.39 is 8.07 Å². The van der Waals surface area contributed by atoms with Gasteiger partial charge in [0.1, 0.15) is 8.07 Å². The van der Waals surface area contributed by atoms with E-state index in [4.69, 9.17) is 13.9 Å². The summed E-state index contributed by atoms with van der Waals surface area (Å²) in [5.41, 5.74) is 1.34. The Morgan fingerprint density at radius 3 is 2.23 bits per heavy atom. The van der Waals surface area contributed by atoms with E-state index in [1.807, 2.05) is 19.9 Å². The van der Waals surface area contributed by atoms with Gasteiger partial charge < -0.3 is 18.8 Å². The number of hydrogen-bond donors (Lipinski definition) is 0. The lowest BCUT2D eigenvalue weighted by atomic mass is 10.2. The number of anilines is 1. The van der Waals surface area contributed by atoms with Gasteiger partial charge in [0.05, 0.1) is 5.38 Å². The Labute approximate surface area is 183 Å². The molecule has 2 aromatic rings. The Balaban J connectivity index is 1.45. The van der Waals surface area contributed by atoms with Crippen LogP contribution >= 0.6 is 0 Å². The molecule has 0 atom stereocenters. The molecule has 0 saturated carbocycles. The van der Waals surface area contributed by atoms with Crippen LogP contribution in [0.1, 0.15) is 32.3 Å². The first-order valence-electron chi connectivity index (χ1n) is 11.4. The van der Waals surface area contributed by atoms with Crippen LogP contribution in [0.3, 0.4) is 0 Å². The van der Waals surface area contributed by atoms with Gasteiger partial charge in [-0.3, -0.25) is 4.90 Å². The minimum atomic E-state index is -1.62. The van der Waals surface area contributed by atoms with Crippen molar-refractivity contribution >= 4 is 19.1 Å².